The molecule has 2 aromatic carbocycles. The van der Waals surface area contributed by atoms with Crippen molar-refractivity contribution in [2.24, 2.45) is 12.8 Å². The number of nitrogens with two attached hydrogens (primary N) is 1. The maximum atomic E-state index is 13.1. The summed E-state index contributed by atoms with van der Waals surface area (Å²) >= 11 is 0. The van der Waals surface area contributed by atoms with E-state index in [1.807, 2.05) is 60.7 Å². The Labute approximate surface area is 168 Å². The number of aryl methyl sites for hydroxylation is 1. The molecule has 3 N–H and O–H groups in total. The Morgan fingerprint density at radius 3 is 2.21 bits per heavy atom. The third kappa shape index (κ3) is 4.40. The summed E-state index contributed by atoms with van der Waals surface area (Å²) in [5.41, 5.74) is 8.30. The number of hydrogen-bond donors (Lipinski definition) is 2. The first-order valence-corrected chi connectivity index (χ1v) is 9.16. The zero-order chi connectivity index (χ0) is 21.0. The van der Waals surface area contributed by atoms with Gasteiger partial charge in [0.05, 0.1) is 5.56 Å². The second-order valence-corrected chi connectivity index (χ2v) is 6.74. The first kappa shape index (κ1) is 20.0. The highest BCUT2D eigenvalue weighted by molar-refractivity contribution is 6.38. The van der Waals surface area contributed by atoms with Crippen LogP contribution in [0.5, 0.6) is 0 Å². The summed E-state index contributed by atoms with van der Waals surface area (Å²) in [4.78, 5) is 37.0. The minimum Gasteiger partial charge on any atom is -0.363 e. The van der Waals surface area contributed by atoms with Gasteiger partial charge < -0.3 is 11.1 Å². The van der Waals surface area contributed by atoms with Gasteiger partial charge in [0.25, 0.3) is 11.8 Å². The van der Waals surface area contributed by atoms with Gasteiger partial charge in [-0.2, -0.15) is 5.10 Å². The molecule has 0 aliphatic rings. The number of amides is 2. The molecule has 7 heteroatoms. The van der Waals surface area contributed by atoms with E-state index in [1.54, 1.807) is 18.7 Å². The standard InChI is InChI=1S/C22H22N4O3/c1-14-18(19(25-26(14)2)16-11-7-4-8-12-16)22(29)24-17(20(27)21(23)28)13-15-9-5-3-6-10-15/h3-12,17H,13H2,1-2H3,(H2,23,28)(H,24,29). The quantitative estimate of drug-likeness (QED) is 0.600. The highest BCUT2D eigenvalue weighted by Crippen LogP contribution is 2.25. The van der Waals surface area contributed by atoms with Crippen molar-refractivity contribution in [1.82, 2.24) is 15.1 Å². The van der Waals surface area contributed by atoms with Crippen molar-refractivity contribution in [3.63, 3.8) is 0 Å². The van der Waals surface area contributed by atoms with E-state index >= 15 is 0 Å². The summed E-state index contributed by atoms with van der Waals surface area (Å²) in [5.74, 6) is -2.41. The molecule has 0 fully saturated rings. The smallest absolute Gasteiger partial charge is 0.287 e. The van der Waals surface area contributed by atoms with E-state index in [1.165, 1.54) is 0 Å². The van der Waals surface area contributed by atoms with Crippen molar-refractivity contribution in [3.05, 3.63) is 77.5 Å². The predicted octanol–water partition coefficient (Wildman–Crippen LogP) is 1.79. The molecule has 0 bridgehead atoms. The fourth-order valence-electron chi connectivity index (χ4n) is 3.14. The van der Waals surface area contributed by atoms with Crippen molar-refractivity contribution >= 4 is 17.6 Å². The molecule has 0 spiro atoms. The molecule has 148 valence electrons. The highest BCUT2D eigenvalue weighted by Gasteiger charge is 2.29. The van der Waals surface area contributed by atoms with Gasteiger partial charge in [-0.1, -0.05) is 60.7 Å². The molecule has 29 heavy (non-hydrogen) atoms. The lowest BCUT2D eigenvalue weighted by molar-refractivity contribution is -0.137. The van der Waals surface area contributed by atoms with E-state index in [9.17, 15) is 14.4 Å². The van der Waals surface area contributed by atoms with Crippen LogP contribution in [-0.4, -0.2) is 33.4 Å². The van der Waals surface area contributed by atoms with Crippen LogP contribution in [0.1, 0.15) is 21.6 Å². The van der Waals surface area contributed by atoms with Gasteiger partial charge in [-0.15, -0.1) is 0 Å². The summed E-state index contributed by atoms with van der Waals surface area (Å²) in [7, 11) is 1.74. The van der Waals surface area contributed by atoms with Crippen LogP contribution in [0.2, 0.25) is 0 Å². The maximum Gasteiger partial charge on any atom is 0.287 e. The van der Waals surface area contributed by atoms with Gasteiger partial charge in [0.1, 0.15) is 11.7 Å². The van der Waals surface area contributed by atoms with E-state index < -0.39 is 23.6 Å². The van der Waals surface area contributed by atoms with E-state index in [-0.39, 0.29) is 6.42 Å². The molecule has 0 saturated heterocycles. The molecule has 0 radical (unpaired) electrons. The molecule has 3 rings (SSSR count). The number of rotatable bonds is 7. The summed E-state index contributed by atoms with van der Waals surface area (Å²) in [5, 5.41) is 7.14. The Balaban J connectivity index is 1.94. The maximum absolute atomic E-state index is 13.1. The molecular formula is C22H22N4O3. The Morgan fingerprint density at radius 1 is 1.03 bits per heavy atom. The Bertz CT molecular complexity index is 1040. The summed E-state index contributed by atoms with van der Waals surface area (Å²) < 4.78 is 1.61. The lowest BCUT2D eigenvalue weighted by Crippen LogP contribution is -2.47. The third-order valence-corrected chi connectivity index (χ3v) is 4.76. The molecule has 0 saturated carbocycles. The van der Waals surface area contributed by atoms with Crippen molar-refractivity contribution < 1.29 is 14.4 Å². The highest BCUT2D eigenvalue weighted by atomic mass is 16.2. The minimum absolute atomic E-state index is 0.161. The van der Waals surface area contributed by atoms with Crippen molar-refractivity contribution in [3.8, 4) is 11.3 Å². The Hall–Kier alpha value is -3.74. The topological polar surface area (TPSA) is 107 Å². The van der Waals surface area contributed by atoms with Gasteiger partial charge in [-0.25, -0.2) is 0 Å². The first-order chi connectivity index (χ1) is 13.9. The molecule has 1 unspecified atom stereocenters. The summed E-state index contributed by atoms with van der Waals surface area (Å²) in [6.45, 7) is 1.77. The molecule has 0 aliphatic heterocycles. The zero-order valence-corrected chi connectivity index (χ0v) is 16.3. The van der Waals surface area contributed by atoms with Crippen molar-refractivity contribution in [2.75, 3.05) is 0 Å². The lowest BCUT2D eigenvalue weighted by Gasteiger charge is -2.17. The molecule has 1 aromatic heterocycles. The van der Waals surface area contributed by atoms with Gasteiger partial charge in [-0.05, 0) is 12.5 Å². The SMILES string of the molecule is Cc1c(C(=O)NC(Cc2ccccc2)C(=O)C(N)=O)c(-c2ccccc2)nn1C. The number of ketones is 1. The first-order valence-electron chi connectivity index (χ1n) is 9.16. The van der Waals surface area contributed by atoms with Crippen LogP contribution < -0.4 is 11.1 Å². The number of aromatic nitrogens is 2. The van der Waals surface area contributed by atoms with Gasteiger partial charge in [-0.3, -0.25) is 19.1 Å². The normalized spacial score (nSPS) is 11.7. The summed E-state index contributed by atoms with van der Waals surface area (Å²) in [6, 6.07) is 17.4. The van der Waals surface area contributed by atoms with Crippen LogP contribution in [0.25, 0.3) is 11.3 Å². The average Bonchev–Trinajstić information content (AvgIpc) is 3.03. The van der Waals surface area contributed by atoms with E-state index in [0.717, 1.165) is 11.1 Å². The van der Waals surface area contributed by atoms with Gasteiger partial charge in [0.15, 0.2) is 0 Å². The van der Waals surface area contributed by atoms with Crippen LogP contribution in [0.15, 0.2) is 60.7 Å². The van der Waals surface area contributed by atoms with Gasteiger partial charge in [0.2, 0.25) is 5.78 Å². The molecule has 1 heterocycles. The molecule has 2 amide bonds. The fraction of sp³-hybridized carbons (Fsp3) is 0.182. The number of carbonyl (C=O) groups excluding carboxylic acids is 3. The van der Waals surface area contributed by atoms with E-state index in [4.69, 9.17) is 5.73 Å². The number of benzene rings is 2. The molecular weight excluding hydrogens is 368 g/mol. The largest absolute Gasteiger partial charge is 0.363 e. The molecule has 3 aromatic rings. The Morgan fingerprint density at radius 2 is 1.62 bits per heavy atom. The average molecular weight is 390 g/mol. The number of Topliss-reactive ketones (excluding diaryl/α,β-unsaturated/α-hetero) is 1. The lowest BCUT2D eigenvalue weighted by atomic mass is 10.0. The second kappa shape index (κ2) is 8.52. The van der Waals surface area contributed by atoms with E-state index in [0.29, 0.717) is 17.0 Å². The number of nitrogens with one attached hydrogen (secondary N) is 1. The molecule has 0 aliphatic carbocycles. The predicted molar refractivity (Wildman–Crippen MR) is 109 cm³/mol. The number of hydrogen-bond acceptors (Lipinski definition) is 4. The molecule has 7 nitrogen and oxygen atoms in total. The minimum atomic E-state index is -1.09. The van der Waals surface area contributed by atoms with Crippen LogP contribution in [0, 0.1) is 6.92 Å². The van der Waals surface area contributed by atoms with Gasteiger partial charge in [0, 0.05) is 24.7 Å². The third-order valence-electron chi connectivity index (χ3n) is 4.76. The van der Waals surface area contributed by atoms with Gasteiger partial charge >= 0.3 is 0 Å². The monoisotopic (exact) mass is 390 g/mol. The number of carbonyl (C=O) groups is 3. The zero-order valence-electron chi connectivity index (χ0n) is 16.3. The van der Waals surface area contributed by atoms with Crippen LogP contribution in [-0.2, 0) is 23.1 Å². The van der Waals surface area contributed by atoms with Crippen molar-refractivity contribution in [1.29, 1.82) is 0 Å². The number of nitrogens with zero attached hydrogens (tertiary/aromatic N) is 2. The fourth-order valence-corrected chi connectivity index (χ4v) is 3.14. The van der Waals surface area contributed by atoms with Crippen LogP contribution in [0.4, 0.5) is 0 Å². The van der Waals surface area contributed by atoms with Crippen LogP contribution in [0.3, 0.4) is 0 Å². The second-order valence-electron chi connectivity index (χ2n) is 6.74. The van der Waals surface area contributed by atoms with E-state index in [2.05, 4.69) is 10.4 Å². The van der Waals surface area contributed by atoms with Crippen molar-refractivity contribution in [2.45, 2.75) is 19.4 Å². The Kier molecular flexibility index (Phi) is 5.87. The summed E-state index contributed by atoms with van der Waals surface area (Å²) in [6.07, 6.45) is 0.161. The molecule has 1 atom stereocenters. The van der Waals surface area contributed by atoms with Crippen LogP contribution >= 0.6 is 0 Å². The number of primary amides is 1.